The first-order valence-corrected chi connectivity index (χ1v) is 12.0. The highest BCUT2D eigenvalue weighted by atomic mass is 19.1. The van der Waals surface area contributed by atoms with E-state index in [2.05, 4.69) is 18.7 Å². The third-order valence-electron chi connectivity index (χ3n) is 6.90. The van der Waals surface area contributed by atoms with Gasteiger partial charge in [-0.3, -0.25) is 4.79 Å². The second kappa shape index (κ2) is 11.3. The zero-order valence-corrected chi connectivity index (χ0v) is 20.0. The fourth-order valence-electron chi connectivity index (χ4n) is 5.27. The van der Waals surface area contributed by atoms with E-state index in [1.807, 2.05) is 13.1 Å². The molecule has 0 radical (unpaired) electrons. The van der Waals surface area contributed by atoms with Crippen molar-refractivity contribution in [1.29, 1.82) is 0 Å². The topological polar surface area (TPSA) is 79.3 Å². The van der Waals surface area contributed by atoms with Crippen molar-refractivity contribution in [3.8, 4) is 0 Å². The van der Waals surface area contributed by atoms with E-state index >= 15 is 0 Å². The number of benzene rings is 1. The highest BCUT2D eigenvalue weighted by Crippen LogP contribution is 2.48. The van der Waals surface area contributed by atoms with Crippen LogP contribution in [-0.2, 0) is 20.7 Å². The standard InChI is InChI=1S/C25H37FN2O5/c1-18(2)23-21-7-6-20(26)17-19(21)8-9-25(23,10-12-27(3)11-4-5-22(29)30)33-24(31)28-13-15-32-16-14-28/h6-7,17-18,23H,4-5,8-16H2,1-3H3,(H,29,30)/t23?,25-/m0/s1. The van der Waals surface area contributed by atoms with E-state index in [1.165, 1.54) is 6.07 Å². The number of carbonyl (C=O) groups excluding carboxylic acids is 1. The van der Waals surface area contributed by atoms with E-state index in [0.717, 1.165) is 11.1 Å². The SMILES string of the molecule is CC(C)C1c2ccc(F)cc2CC[C@@]1(CCN(C)CCCC(=O)O)OC(=O)N1CCOCC1. The van der Waals surface area contributed by atoms with Crippen LogP contribution >= 0.6 is 0 Å². The molecule has 1 aliphatic carbocycles. The second-order valence-corrected chi connectivity index (χ2v) is 9.65. The molecular formula is C25H37FN2O5. The molecule has 0 bridgehead atoms. The minimum atomic E-state index is -0.796. The number of rotatable bonds is 9. The van der Waals surface area contributed by atoms with Crippen LogP contribution in [0.5, 0.6) is 0 Å². The highest BCUT2D eigenvalue weighted by molar-refractivity contribution is 5.68. The van der Waals surface area contributed by atoms with Crippen LogP contribution in [0, 0.1) is 11.7 Å². The summed E-state index contributed by atoms with van der Waals surface area (Å²) in [4.78, 5) is 27.9. The Bertz CT molecular complexity index is 827. The Labute approximate surface area is 195 Å². The molecule has 33 heavy (non-hydrogen) atoms. The van der Waals surface area contributed by atoms with Gasteiger partial charge in [-0.15, -0.1) is 0 Å². The van der Waals surface area contributed by atoms with Crippen molar-refractivity contribution in [3.63, 3.8) is 0 Å². The predicted octanol–water partition coefficient (Wildman–Crippen LogP) is 3.91. The molecule has 7 nitrogen and oxygen atoms in total. The number of fused-ring (bicyclic) bond motifs is 1. The number of ether oxygens (including phenoxy) is 2. The fraction of sp³-hybridized carbons (Fsp3) is 0.680. The number of nitrogens with zero attached hydrogens (tertiary/aromatic N) is 2. The van der Waals surface area contributed by atoms with Gasteiger partial charge in [-0.2, -0.15) is 0 Å². The number of amides is 1. The van der Waals surface area contributed by atoms with Crippen LogP contribution in [0.3, 0.4) is 0 Å². The quantitative estimate of drug-likeness (QED) is 0.597. The highest BCUT2D eigenvalue weighted by Gasteiger charge is 2.48. The Morgan fingerprint density at radius 2 is 2.03 bits per heavy atom. The fourth-order valence-corrected chi connectivity index (χ4v) is 5.27. The van der Waals surface area contributed by atoms with Gasteiger partial charge in [0.2, 0.25) is 0 Å². The Morgan fingerprint density at radius 1 is 1.30 bits per heavy atom. The maximum Gasteiger partial charge on any atom is 0.410 e. The Balaban J connectivity index is 1.84. The van der Waals surface area contributed by atoms with Gasteiger partial charge >= 0.3 is 12.1 Å². The lowest BCUT2D eigenvalue weighted by Crippen LogP contribution is -2.52. The molecule has 3 rings (SSSR count). The van der Waals surface area contributed by atoms with Crippen molar-refractivity contribution in [2.75, 3.05) is 46.4 Å². The number of hydrogen-bond donors (Lipinski definition) is 1. The van der Waals surface area contributed by atoms with Crippen LogP contribution in [0.4, 0.5) is 9.18 Å². The lowest BCUT2D eigenvalue weighted by Gasteiger charge is -2.47. The van der Waals surface area contributed by atoms with Crippen LogP contribution in [0.1, 0.15) is 56.6 Å². The van der Waals surface area contributed by atoms with Crippen molar-refractivity contribution < 1.29 is 28.6 Å². The summed E-state index contributed by atoms with van der Waals surface area (Å²) in [6.45, 7) is 7.61. The Hall–Kier alpha value is -2.19. The number of carboxylic acids is 1. The van der Waals surface area contributed by atoms with Gasteiger partial charge in [0, 0.05) is 38.4 Å². The number of carbonyl (C=O) groups is 2. The van der Waals surface area contributed by atoms with Crippen LogP contribution in [0.15, 0.2) is 18.2 Å². The average molecular weight is 465 g/mol. The zero-order chi connectivity index (χ0) is 24.0. The van der Waals surface area contributed by atoms with E-state index in [1.54, 1.807) is 11.0 Å². The molecule has 8 heteroatoms. The Morgan fingerprint density at radius 3 is 2.70 bits per heavy atom. The number of hydrogen-bond acceptors (Lipinski definition) is 5. The van der Waals surface area contributed by atoms with E-state index in [4.69, 9.17) is 14.6 Å². The molecule has 1 unspecified atom stereocenters. The van der Waals surface area contributed by atoms with E-state index in [0.29, 0.717) is 65.1 Å². The largest absolute Gasteiger partial charge is 0.481 e. The van der Waals surface area contributed by atoms with E-state index in [9.17, 15) is 14.0 Å². The monoisotopic (exact) mass is 464 g/mol. The van der Waals surface area contributed by atoms with E-state index < -0.39 is 11.6 Å². The predicted molar refractivity (Wildman–Crippen MR) is 123 cm³/mol. The van der Waals surface area contributed by atoms with Crippen molar-refractivity contribution in [1.82, 2.24) is 9.80 Å². The zero-order valence-electron chi connectivity index (χ0n) is 20.0. The molecule has 1 N–H and O–H groups in total. The van der Waals surface area contributed by atoms with E-state index in [-0.39, 0.29) is 30.2 Å². The maximum atomic E-state index is 13.9. The minimum absolute atomic E-state index is 0.0562. The molecule has 1 aromatic carbocycles. The normalized spacial score (nSPS) is 23.0. The molecule has 0 aromatic heterocycles. The summed E-state index contributed by atoms with van der Waals surface area (Å²) in [6.07, 6.45) is 2.30. The van der Waals surface area contributed by atoms with Gasteiger partial charge in [0.15, 0.2) is 0 Å². The number of aliphatic carboxylic acids is 1. The van der Waals surface area contributed by atoms with Crippen molar-refractivity contribution in [2.24, 2.45) is 5.92 Å². The molecule has 0 saturated carbocycles. The molecule has 1 fully saturated rings. The third kappa shape index (κ3) is 6.44. The smallest absolute Gasteiger partial charge is 0.410 e. The molecule has 1 saturated heterocycles. The second-order valence-electron chi connectivity index (χ2n) is 9.65. The molecule has 2 atom stereocenters. The summed E-state index contributed by atoms with van der Waals surface area (Å²) < 4.78 is 25.7. The first-order chi connectivity index (χ1) is 15.7. The summed E-state index contributed by atoms with van der Waals surface area (Å²) >= 11 is 0. The minimum Gasteiger partial charge on any atom is -0.481 e. The van der Waals surface area contributed by atoms with Gasteiger partial charge in [0.05, 0.1) is 13.2 Å². The maximum absolute atomic E-state index is 13.9. The van der Waals surface area contributed by atoms with Crippen LogP contribution < -0.4 is 0 Å². The molecular weight excluding hydrogens is 427 g/mol. The summed E-state index contributed by atoms with van der Waals surface area (Å²) in [7, 11) is 1.97. The molecule has 1 aromatic rings. The first kappa shape index (κ1) is 25.4. The van der Waals surface area contributed by atoms with Gasteiger partial charge < -0.3 is 24.4 Å². The van der Waals surface area contributed by atoms with Crippen molar-refractivity contribution in [2.45, 2.75) is 57.5 Å². The summed E-state index contributed by atoms with van der Waals surface area (Å²) in [5, 5.41) is 8.92. The first-order valence-electron chi connectivity index (χ1n) is 12.0. The summed E-state index contributed by atoms with van der Waals surface area (Å²) in [5.41, 5.74) is 1.33. The summed E-state index contributed by atoms with van der Waals surface area (Å²) in [6, 6.07) is 4.95. The average Bonchev–Trinajstić information content (AvgIpc) is 2.78. The molecule has 1 aliphatic heterocycles. The van der Waals surface area contributed by atoms with Crippen LogP contribution in [0.2, 0.25) is 0 Å². The van der Waals surface area contributed by atoms with Crippen molar-refractivity contribution >= 4 is 12.1 Å². The number of morpholine rings is 1. The van der Waals surface area contributed by atoms with Crippen molar-refractivity contribution in [3.05, 3.63) is 35.1 Å². The molecule has 1 amide bonds. The lowest BCUT2D eigenvalue weighted by atomic mass is 9.65. The lowest BCUT2D eigenvalue weighted by molar-refractivity contribution is -0.137. The van der Waals surface area contributed by atoms with Gasteiger partial charge in [0.25, 0.3) is 0 Å². The number of aryl methyl sites for hydroxylation is 1. The Kier molecular flexibility index (Phi) is 8.70. The molecule has 2 aliphatic rings. The van der Waals surface area contributed by atoms with Crippen LogP contribution in [-0.4, -0.2) is 79.0 Å². The molecule has 184 valence electrons. The molecule has 1 heterocycles. The van der Waals surface area contributed by atoms with Gasteiger partial charge in [-0.05, 0) is 62.0 Å². The van der Waals surface area contributed by atoms with Gasteiger partial charge in [-0.25, -0.2) is 9.18 Å². The number of carboxylic acid groups (broad SMARTS) is 1. The third-order valence-corrected chi connectivity index (χ3v) is 6.90. The van der Waals surface area contributed by atoms with Crippen LogP contribution in [0.25, 0.3) is 0 Å². The summed E-state index contributed by atoms with van der Waals surface area (Å²) in [5.74, 6) is -0.911. The van der Waals surface area contributed by atoms with Gasteiger partial charge in [-0.1, -0.05) is 19.9 Å². The molecule has 0 spiro atoms. The number of halogens is 1. The van der Waals surface area contributed by atoms with Gasteiger partial charge in [0.1, 0.15) is 11.4 Å².